The second-order valence-corrected chi connectivity index (χ2v) is 13.4. The predicted octanol–water partition coefficient (Wildman–Crippen LogP) is 0.643. The quantitative estimate of drug-likeness (QED) is 0.0773. The average Bonchev–Trinajstić information content (AvgIpc) is 2.96. The summed E-state index contributed by atoms with van der Waals surface area (Å²) in [6, 6.07) is -1.01. The molecule has 1 saturated heterocycles. The van der Waals surface area contributed by atoms with Gasteiger partial charge >= 0.3 is 23.9 Å². The van der Waals surface area contributed by atoms with Gasteiger partial charge in [0.25, 0.3) is 0 Å². The Kier molecular flexibility index (Phi) is 16.7. The van der Waals surface area contributed by atoms with E-state index in [2.05, 4.69) is 10.6 Å². The van der Waals surface area contributed by atoms with Crippen LogP contribution in [0.1, 0.15) is 87.0 Å². The van der Waals surface area contributed by atoms with E-state index in [1.54, 1.807) is 0 Å². The van der Waals surface area contributed by atoms with Crippen molar-refractivity contribution in [2.45, 2.75) is 130 Å². The molecule has 2 aliphatic rings. The van der Waals surface area contributed by atoms with Crippen LogP contribution in [0.15, 0.2) is 0 Å². The molecule has 0 aromatic rings. The molecule has 278 valence electrons. The van der Waals surface area contributed by atoms with Gasteiger partial charge in [-0.25, -0.2) is 0 Å². The van der Waals surface area contributed by atoms with E-state index >= 15 is 0 Å². The molecule has 1 heterocycles. The summed E-state index contributed by atoms with van der Waals surface area (Å²) < 4.78 is 32.8. The highest BCUT2D eigenvalue weighted by atomic mass is 16.7. The monoisotopic (exact) mass is 699 g/mol. The lowest BCUT2D eigenvalue weighted by molar-refractivity contribution is -0.308. The first-order valence-electron chi connectivity index (χ1n) is 16.7. The zero-order chi connectivity index (χ0) is 36.9. The molecule has 0 bridgehead atoms. The van der Waals surface area contributed by atoms with Gasteiger partial charge in [0.05, 0.1) is 18.6 Å². The lowest BCUT2D eigenvalue weighted by atomic mass is 9.70. The van der Waals surface area contributed by atoms with Crippen LogP contribution in [-0.4, -0.2) is 110 Å². The van der Waals surface area contributed by atoms with Gasteiger partial charge in [-0.15, -0.1) is 0 Å². The third kappa shape index (κ3) is 14.1. The molecule has 1 unspecified atom stereocenters. The van der Waals surface area contributed by atoms with Crippen molar-refractivity contribution < 1.29 is 62.0 Å². The number of carbonyl (C=O) groups is 7. The van der Waals surface area contributed by atoms with Crippen LogP contribution in [0.25, 0.3) is 0 Å². The largest absolute Gasteiger partial charge is 0.463 e. The van der Waals surface area contributed by atoms with Crippen molar-refractivity contribution >= 4 is 41.4 Å². The summed E-state index contributed by atoms with van der Waals surface area (Å²) >= 11 is 0. The minimum Gasteiger partial charge on any atom is -0.463 e. The summed E-state index contributed by atoms with van der Waals surface area (Å²) in [6.45, 7) is 10.6. The van der Waals surface area contributed by atoms with E-state index in [-0.39, 0.29) is 48.7 Å². The first kappa shape index (κ1) is 41.7. The number of ketones is 2. The van der Waals surface area contributed by atoms with Gasteiger partial charge in [-0.3, -0.25) is 33.6 Å². The van der Waals surface area contributed by atoms with Gasteiger partial charge in [0.1, 0.15) is 24.3 Å². The molecule has 1 aliphatic heterocycles. The minimum absolute atomic E-state index is 0.00336. The number of amides is 1. The molecule has 0 aromatic carbocycles. The van der Waals surface area contributed by atoms with E-state index < -0.39 is 66.5 Å². The molecule has 2 fully saturated rings. The fraction of sp³-hybridized carbons (Fsp3) is 0.788. The minimum atomic E-state index is -1.34. The third-order valence-electron chi connectivity index (χ3n) is 8.09. The number of nitrogens with one attached hydrogen (secondary N) is 2. The molecule has 1 amide bonds. The normalized spacial score (nSPS) is 25.1. The van der Waals surface area contributed by atoms with Crippen LogP contribution < -0.4 is 16.4 Å². The Morgan fingerprint density at radius 3 is 1.98 bits per heavy atom. The molecule has 0 aromatic heterocycles. The van der Waals surface area contributed by atoms with E-state index in [0.29, 0.717) is 45.1 Å². The lowest BCUT2D eigenvalue weighted by Gasteiger charge is -2.44. The first-order valence-corrected chi connectivity index (χ1v) is 16.7. The van der Waals surface area contributed by atoms with Crippen molar-refractivity contribution in [2.24, 2.45) is 17.1 Å². The van der Waals surface area contributed by atoms with Crippen molar-refractivity contribution in [3.8, 4) is 0 Å². The van der Waals surface area contributed by atoms with E-state index in [1.165, 1.54) is 6.92 Å². The Bertz CT molecular complexity index is 1170. The number of rotatable bonds is 18. The van der Waals surface area contributed by atoms with Gasteiger partial charge in [-0.2, -0.15) is 0 Å². The van der Waals surface area contributed by atoms with Crippen LogP contribution in [0, 0.1) is 11.3 Å². The Hall–Kier alpha value is -3.47. The Morgan fingerprint density at radius 2 is 1.41 bits per heavy atom. The highest BCUT2D eigenvalue weighted by Gasteiger charge is 2.52. The number of hydrogen-bond donors (Lipinski definition) is 3. The Morgan fingerprint density at radius 1 is 0.837 bits per heavy atom. The number of esters is 4. The van der Waals surface area contributed by atoms with Crippen LogP contribution in [0.4, 0.5) is 0 Å². The maximum atomic E-state index is 12.5. The number of ether oxygens (including phenoxy) is 6. The maximum absolute atomic E-state index is 12.5. The second-order valence-electron chi connectivity index (χ2n) is 13.4. The predicted molar refractivity (Wildman–Crippen MR) is 171 cm³/mol. The Balaban J connectivity index is 1.83. The molecule has 49 heavy (non-hydrogen) atoms. The number of unbranched alkanes of at least 4 members (excludes halogenated alkanes) is 1. The van der Waals surface area contributed by atoms with Gasteiger partial charge in [0, 0.05) is 53.1 Å². The first-order chi connectivity index (χ1) is 22.9. The molecule has 16 heteroatoms. The highest BCUT2D eigenvalue weighted by molar-refractivity contribution is 6.05. The van der Waals surface area contributed by atoms with E-state index in [0.717, 1.165) is 20.8 Å². The number of nitrogens with two attached hydrogens (primary N) is 1. The molecule has 1 saturated carbocycles. The molecular weight excluding hydrogens is 646 g/mol. The van der Waals surface area contributed by atoms with E-state index in [9.17, 15) is 33.6 Å². The summed E-state index contributed by atoms with van der Waals surface area (Å²) in [6.07, 6.45) is -3.55. The molecule has 0 spiro atoms. The molecule has 16 nitrogen and oxygen atoms in total. The van der Waals surface area contributed by atoms with Gasteiger partial charge < -0.3 is 44.8 Å². The summed E-state index contributed by atoms with van der Waals surface area (Å²) in [5.74, 6) is -3.91. The molecule has 2 rings (SSSR count). The molecular formula is C33H53N3O13. The SMILES string of the molecule is CC(=O)OC[C@H]1O[C@@H](OCCCNC(=O)[C@@H](N)CCCCNC(C)C2C(=O)CC(C)(C)CC2=O)[C@H](OC(C)=O)[C@@H](OC(C)=O)[C@H]1OC(C)=O. The van der Waals surface area contributed by atoms with Crippen LogP contribution in [0.2, 0.25) is 0 Å². The average molecular weight is 700 g/mol. The smallest absolute Gasteiger partial charge is 0.303 e. The maximum Gasteiger partial charge on any atom is 0.303 e. The zero-order valence-corrected chi connectivity index (χ0v) is 29.6. The van der Waals surface area contributed by atoms with Crippen molar-refractivity contribution in [1.29, 1.82) is 0 Å². The van der Waals surface area contributed by atoms with Crippen molar-refractivity contribution in [2.75, 3.05) is 26.3 Å². The third-order valence-corrected chi connectivity index (χ3v) is 8.09. The van der Waals surface area contributed by atoms with Crippen molar-refractivity contribution in [3.63, 3.8) is 0 Å². The number of carbonyl (C=O) groups excluding carboxylic acids is 7. The van der Waals surface area contributed by atoms with Gasteiger partial charge in [-0.05, 0) is 38.1 Å². The van der Waals surface area contributed by atoms with Crippen molar-refractivity contribution in [1.82, 2.24) is 10.6 Å². The van der Waals surface area contributed by atoms with Gasteiger partial charge in [-0.1, -0.05) is 20.3 Å². The van der Waals surface area contributed by atoms with Crippen LogP contribution in [0.5, 0.6) is 0 Å². The summed E-state index contributed by atoms with van der Waals surface area (Å²) in [5, 5.41) is 6.01. The van der Waals surface area contributed by atoms with Gasteiger partial charge in [0.2, 0.25) is 5.91 Å². The summed E-state index contributed by atoms with van der Waals surface area (Å²) in [7, 11) is 0. The fourth-order valence-electron chi connectivity index (χ4n) is 5.97. The molecule has 4 N–H and O–H groups in total. The van der Waals surface area contributed by atoms with Gasteiger partial charge in [0.15, 0.2) is 24.6 Å². The molecule has 0 radical (unpaired) electrons. The lowest BCUT2D eigenvalue weighted by Crippen LogP contribution is -2.63. The van der Waals surface area contributed by atoms with Crippen LogP contribution in [0.3, 0.4) is 0 Å². The van der Waals surface area contributed by atoms with Crippen molar-refractivity contribution in [3.05, 3.63) is 0 Å². The summed E-state index contributed by atoms with van der Waals surface area (Å²) in [4.78, 5) is 84.8. The molecule has 1 aliphatic carbocycles. The summed E-state index contributed by atoms with van der Waals surface area (Å²) in [5.41, 5.74) is 5.77. The van der Waals surface area contributed by atoms with E-state index in [1.807, 2.05) is 20.8 Å². The zero-order valence-electron chi connectivity index (χ0n) is 29.6. The number of hydrogen-bond acceptors (Lipinski definition) is 15. The van der Waals surface area contributed by atoms with Crippen LogP contribution in [-0.2, 0) is 62.0 Å². The number of Topliss-reactive ketones (excluding diaryl/α,β-unsaturated/α-hetero) is 2. The fourth-order valence-corrected chi connectivity index (χ4v) is 5.97. The second kappa shape index (κ2) is 19.6. The Labute approximate surface area is 287 Å². The standard InChI is InChI=1S/C33H53N3O13/c1-18(27-24(41)15-33(6,7)16-25(27)42)35-12-9-8-11-23(34)31(43)36-13-10-14-44-32-30(48-22(5)40)29(47-21(4)39)28(46-20(3)38)26(49-32)17-45-19(2)37/h18,23,26-30,32,35H,8-17,34H2,1-7H3,(H,36,43)/t18?,23-,26+,28-,29-,30+,32+/m0/s1. The van der Waals surface area contributed by atoms with Crippen LogP contribution >= 0.6 is 0 Å². The highest BCUT2D eigenvalue weighted by Crippen LogP contribution is 2.35. The molecule has 7 atom stereocenters. The van der Waals surface area contributed by atoms with E-state index in [4.69, 9.17) is 34.2 Å². The topological polar surface area (TPSA) is 225 Å².